The second-order valence-corrected chi connectivity index (χ2v) is 3.23. The summed E-state index contributed by atoms with van der Waals surface area (Å²) in [5, 5.41) is 8.05. The molecule has 104 valence electrons. The largest absolute Gasteiger partial charge is 0.478 e. The number of benzene rings is 1. The van der Waals surface area contributed by atoms with Gasteiger partial charge in [-0.3, -0.25) is 0 Å². The highest BCUT2D eigenvalue weighted by Crippen LogP contribution is 1.97. The van der Waals surface area contributed by atoms with E-state index in [1.807, 2.05) is 36.4 Å². The molecule has 0 spiro atoms. The maximum absolute atomic E-state index is 10.5. The van der Waals surface area contributed by atoms with E-state index in [0.717, 1.165) is 6.08 Å². The lowest BCUT2D eigenvalue weighted by molar-refractivity contribution is -0.152. The third kappa shape index (κ3) is 9.12. The standard InChI is InChI=1S/C8H8.C7H6O5/c1-2-8-6-4-3-5-7-8;1-2-6(10)12-7(11)4-3-5(8)9/h2-7H,1H2;2-4H,1H2,(H,8,9)/b;4-3-. The lowest BCUT2D eigenvalue weighted by Gasteiger charge is -1.91. The van der Waals surface area contributed by atoms with Crippen LogP contribution in [0.4, 0.5) is 0 Å². The van der Waals surface area contributed by atoms with Gasteiger partial charge < -0.3 is 9.84 Å². The fraction of sp³-hybridized carbons (Fsp3) is 0. The van der Waals surface area contributed by atoms with Crippen LogP contribution in [0, 0.1) is 0 Å². The average molecular weight is 274 g/mol. The van der Waals surface area contributed by atoms with Crippen LogP contribution in [-0.2, 0) is 19.1 Å². The molecule has 0 aliphatic carbocycles. The van der Waals surface area contributed by atoms with Gasteiger partial charge in [0.1, 0.15) is 0 Å². The Hall–Kier alpha value is -2.95. The van der Waals surface area contributed by atoms with Gasteiger partial charge in [0, 0.05) is 18.2 Å². The van der Waals surface area contributed by atoms with Crippen LogP contribution in [0.2, 0.25) is 0 Å². The molecule has 0 fully saturated rings. The predicted molar refractivity (Wildman–Crippen MR) is 74.6 cm³/mol. The highest BCUT2D eigenvalue weighted by atomic mass is 16.6. The second kappa shape index (κ2) is 10.0. The van der Waals surface area contributed by atoms with E-state index in [1.54, 1.807) is 0 Å². The Bertz CT molecular complexity index is 514. The van der Waals surface area contributed by atoms with Gasteiger partial charge in [0.15, 0.2) is 0 Å². The van der Waals surface area contributed by atoms with Crippen LogP contribution in [0.1, 0.15) is 5.56 Å². The van der Waals surface area contributed by atoms with Crippen LogP contribution < -0.4 is 0 Å². The molecule has 0 amide bonds. The number of carbonyl (C=O) groups excluding carboxylic acids is 2. The Kier molecular flexibility index (Phi) is 8.54. The first kappa shape index (κ1) is 17.1. The summed E-state index contributed by atoms with van der Waals surface area (Å²) in [5.41, 5.74) is 1.17. The van der Waals surface area contributed by atoms with Gasteiger partial charge >= 0.3 is 17.9 Å². The van der Waals surface area contributed by atoms with E-state index in [4.69, 9.17) is 5.11 Å². The first-order valence-corrected chi connectivity index (χ1v) is 5.46. The number of carboxylic acid groups (broad SMARTS) is 1. The maximum Gasteiger partial charge on any atom is 0.338 e. The zero-order valence-electron chi connectivity index (χ0n) is 10.7. The second-order valence-electron chi connectivity index (χ2n) is 3.23. The Morgan fingerprint density at radius 1 is 1.00 bits per heavy atom. The summed E-state index contributed by atoms with van der Waals surface area (Å²) in [7, 11) is 0. The van der Waals surface area contributed by atoms with Crippen molar-refractivity contribution in [2.45, 2.75) is 0 Å². The number of hydrogen-bond donors (Lipinski definition) is 1. The number of hydrogen-bond acceptors (Lipinski definition) is 4. The van der Waals surface area contributed by atoms with Gasteiger partial charge in [0.2, 0.25) is 0 Å². The summed E-state index contributed by atoms with van der Waals surface area (Å²) >= 11 is 0. The summed E-state index contributed by atoms with van der Waals surface area (Å²) in [6, 6.07) is 10.0. The molecule has 0 aliphatic rings. The molecule has 0 aromatic heterocycles. The first-order valence-electron chi connectivity index (χ1n) is 5.46. The lowest BCUT2D eigenvalue weighted by Crippen LogP contribution is -2.07. The Morgan fingerprint density at radius 3 is 2.00 bits per heavy atom. The lowest BCUT2D eigenvalue weighted by atomic mass is 10.2. The number of esters is 2. The van der Waals surface area contributed by atoms with Crippen molar-refractivity contribution in [1.82, 2.24) is 0 Å². The van der Waals surface area contributed by atoms with E-state index in [9.17, 15) is 14.4 Å². The van der Waals surface area contributed by atoms with Crippen molar-refractivity contribution in [2.75, 3.05) is 0 Å². The highest BCUT2D eigenvalue weighted by Gasteiger charge is 2.02. The summed E-state index contributed by atoms with van der Waals surface area (Å²) < 4.78 is 4.00. The molecule has 1 aromatic carbocycles. The molecule has 0 bridgehead atoms. The predicted octanol–water partition coefficient (Wildman–Crippen LogP) is 2.21. The molecule has 1 aromatic rings. The molecule has 1 rings (SSSR count). The third-order valence-corrected chi connectivity index (χ3v) is 1.77. The van der Waals surface area contributed by atoms with Gasteiger partial charge in [-0.15, -0.1) is 0 Å². The van der Waals surface area contributed by atoms with Crippen LogP contribution in [0.25, 0.3) is 6.08 Å². The zero-order chi connectivity index (χ0) is 15.4. The molecule has 0 unspecified atom stereocenters. The minimum absolute atomic E-state index is 0.568. The number of rotatable bonds is 4. The Balaban J connectivity index is 0.000000388. The summed E-state index contributed by atoms with van der Waals surface area (Å²) in [6.07, 6.45) is 3.83. The molecule has 5 heteroatoms. The van der Waals surface area contributed by atoms with E-state index in [-0.39, 0.29) is 0 Å². The van der Waals surface area contributed by atoms with Crippen LogP contribution in [-0.4, -0.2) is 23.0 Å². The van der Waals surface area contributed by atoms with Gasteiger partial charge in [-0.2, -0.15) is 0 Å². The number of carboxylic acids is 1. The van der Waals surface area contributed by atoms with Crippen molar-refractivity contribution in [3.8, 4) is 0 Å². The van der Waals surface area contributed by atoms with Crippen molar-refractivity contribution >= 4 is 24.0 Å². The van der Waals surface area contributed by atoms with E-state index in [2.05, 4.69) is 17.9 Å². The SMILES string of the molecule is C=CC(=O)OC(=O)/C=C\C(=O)O.C=Cc1ccccc1. The fourth-order valence-electron chi connectivity index (χ4n) is 0.903. The molecular formula is C15H14O5. The highest BCUT2D eigenvalue weighted by molar-refractivity contribution is 5.98. The van der Waals surface area contributed by atoms with Crippen LogP contribution in [0.5, 0.6) is 0 Å². The van der Waals surface area contributed by atoms with Crippen molar-refractivity contribution in [1.29, 1.82) is 0 Å². The quantitative estimate of drug-likeness (QED) is 0.517. The molecule has 1 N–H and O–H groups in total. The molecular weight excluding hydrogens is 260 g/mol. The molecule has 0 heterocycles. The summed E-state index contributed by atoms with van der Waals surface area (Å²) in [5.74, 6) is -3.25. The zero-order valence-corrected chi connectivity index (χ0v) is 10.7. The van der Waals surface area contributed by atoms with E-state index in [0.29, 0.717) is 12.2 Å². The summed E-state index contributed by atoms with van der Waals surface area (Å²) in [6.45, 7) is 6.67. The number of carbonyl (C=O) groups is 3. The minimum atomic E-state index is -1.29. The number of aliphatic carboxylic acids is 1. The molecule has 20 heavy (non-hydrogen) atoms. The monoisotopic (exact) mass is 274 g/mol. The minimum Gasteiger partial charge on any atom is -0.478 e. The van der Waals surface area contributed by atoms with Crippen LogP contribution in [0.3, 0.4) is 0 Å². The summed E-state index contributed by atoms with van der Waals surface area (Å²) in [4.78, 5) is 30.7. The van der Waals surface area contributed by atoms with Crippen LogP contribution >= 0.6 is 0 Å². The molecule has 0 saturated carbocycles. The molecule has 0 atom stereocenters. The van der Waals surface area contributed by atoms with Crippen molar-refractivity contribution < 1.29 is 24.2 Å². The first-order chi connectivity index (χ1) is 9.49. The Labute approximate surface area is 116 Å². The van der Waals surface area contributed by atoms with E-state index >= 15 is 0 Å². The van der Waals surface area contributed by atoms with Crippen molar-refractivity contribution in [3.05, 3.63) is 67.3 Å². The number of ether oxygens (including phenoxy) is 1. The van der Waals surface area contributed by atoms with Crippen molar-refractivity contribution in [2.24, 2.45) is 0 Å². The van der Waals surface area contributed by atoms with Gasteiger partial charge in [0.25, 0.3) is 0 Å². The van der Waals surface area contributed by atoms with Gasteiger partial charge in [-0.05, 0) is 5.56 Å². The van der Waals surface area contributed by atoms with E-state index < -0.39 is 17.9 Å². The topological polar surface area (TPSA) is 80.7 Å². The van der Waals surface area contributed by atoms with Crippen molar-refractivity contribution in [3.63, 3.8) is 0 Å². The average Bonchev–Trinajstić information content (AvgIpc) is 2.46. The van der Waals surface area contributed by atoms with Gasteiger partial charge in [0.05, 0.1) is 0 Å². The third-order valence-electron chi connectivity index (χ3n) is 1.77. The maximum atomic E-state index is 10.5. The van der Waals surface area contributed by atoms with E-state index in [1.165, 1.54) is 5.56 Å². The molecule has 0 radical (unpaired) electrons. The smallest absolute Gasteiger partial charge is 0.338 e. The molecule has 5 nitrogen and oxygen atoms in total. The van der Waals surface area contributed by atoms with Crippen LogP contribution in [0.15, 0.2) is 61.7 Å². The van der Waals surface area contributed by atoms with Gasteiger partial charge in [-0.1, -0.05) is 49.6 Å². The Morgan fingerprint density at radius 2 is 1.60 bits per heavy atom. The normalized spacial score (nSPS) is 9.00. The fourth-order valence-corrected chi connectivity index (χ4v) is 0.903. The van der Waals surface area contributed by atoms with Gasteiger partial charge in [-0.25, -0.2) is 14.4 Å². The molecule has 0 aliphatic heterocycles. The molecule has 0 saturated heterocycles.